The minimum atomic E-state index is -5.08. The lowest BCUT2D eigenvalue weighted by molar-refractivity contribution is -0.192. The summed E-state index contributed by atoms with van der Waals surface area (Å²) >= 11 is 0. The van der Waals surface area contributed by atoms with E-state index < -0.39 is 45.5 Å². The van der Waals surface area contributed by atoms with E-state index in [0.29, 0.717) is 11.4 Å². The van der Waals surface area contributed by atoms with Crippen molar-refractivity contribution in [2.75, 3.05) is 0 Å². The van der Waals surface area contributed by atoms with Crippen LogP contribution in [0.2, 0.25) is 0 Å². The summed E-state index contributed by atoms with van der Waals surface area (Å²) in [5.74, 6) is -2.86. The number of hydrogen-bond donors (Lipinski definition) is 4. The number of aromatic nitrogens is 2. The van der Waals surface area contributed by atoms with Gasteiger partial charge in [-0.15, -0.1) is 0 Å². The minimum Gasteiger partial charge on any atom is -0.475 e. The molecular formula is C29H24F3N5O7S. The maximum atomic E-state index is 12.7. The second-order valence-corrected chi connectivity index (χ2v) is 11.6. The van der Waals surface area contributed by atoms with Crippen molar-refractivity contribution < 1.29 is 45.8 Å². The molecule has 5 rings (SSSR count). The Balaban J connectivity index is 0.000000591. The molecular weight excluding hydrogens is 619 g/mol. The first-order valence-corrected chi connectivity index (χ1v) is 14.6. The van der Waals surface area contributed by atoms with Crippen LogP contribution in [0.25, 0.3) is 11.0 Å². The minimum absolute atomic E-state index is 0.0927. The molecule has 1 aliphatic rings. The number of carboxylic acid groups (broad SMARTS) is 1. The number of aromatic amines is 1. The highest BCUT2D eigenvalue weighted by molar-refractivity contribution is 7.90. The Morgan fingerprint density at radius 3 is 2.36 bits per heavy atom. The number of aliphatic carboxylic acids is 1. The van der Waals surface area contributed by atoms with Gasteiger partial charge in [0.2, 0.25) is 15.9 Å². The van der Waals surface area contributed by atoms with Crippen molar-refractivity contribution in [3.63, 3.8) is 0 Å². The molecule has 2 atom stereocenters. The third kappa shape index (κ3) is 8.36. The molecule has 0 aliphatic carbocycles. The number of nitrogens with one attached hydrogen (secondary N) is 3. The molecule has 0 saturated carbocycles. The molecule has 1 unspecified atom stereocenters. The third-order valence-electron chi connectivity index (χ3n) is 6.51. The van der Waals surface area contributed by atoms with Gasteiger partial charge < -0.3 is 20.1 Å². The molecule has 1 fully saturated rings. The van der Waals surface area contributed by atoms with Crippen LogP contribution in [0.5, 0.6) is 0 Å². The Morgan fingerprint density at radius 2 is 1.76 bits per heavy atom. The third-order valence-corrected chi connectivity index (χ3v) is 8.19. The average Bonchev–Trinajstić information content (AvgIpc) is 3.55. The Kier molecular flexibility index (Phi) is 9.72. The molecule has 12 nitrogen and oxygen atoms in total. The van der Waals surface area contributed by atoms with Crippen LogP contribution in [0.4, 0.5) is 18.0 Å². The lowest BCUT2D eigenvalue weighted by Crippen LogP contribution is -2.31. The summed E-state index contributed by atoms with van der Waals surface area (Å²) in [7, 11) is -3.90. The summed E-state index contributed by atoms with van der Waals surface area (Å²) in [6.45, 7) is 0.0927. The van der Waals surface area contributed by atoms with Gasteiger partial charge in [-0.25, -0.2) is 23.0 Å². The number of hydrogen-bond acceptors (Lipinski definition) is 8. The van der Waals surface area contributed by atoms with Gasteiger partial charge >= 0.3 is 18.2 Å². The van der Waals surface area contributed by atoms with E-state index in [9.17, 15) is 36.4 Å². The van der Waals surface area contributed by atoms with Crippen LogP contribution >= 0.6 is 0 Å². The first-order valence-electron chi connectivity index (χ1n) is 13.1. The largest absolute Gasteiger partial charge is 0.490 e. The van der Waals surface area contributed by atoms with Crippen LogP contribution in [-0.4, -0.2) is 47.6 Å². The summed E-state index contributed by atoms with van der Waals surface area (Å²) in [5, 5.41) is 18.6. The van der Waals surface area contributed by atoms with E-state index in [0.717, 1.165) is 16.6 Å². The number of sulfonamides is 1. The van der Waals surface area contributed by atoms with Crippen molar-refractivity contribution in [3.8, 4) is 6.07 Å². The summed E-state index contributed by atoms with van der Waals surface area (Å²) in [6, 6.07) is 22.9. The van der Waals surface area contributed by atoms with Crippen molar-refractivity contribution in [3.05, 3.63) is 101 Å². The van der Waals surface area contributed by atoms with Crippen molar-refractivity contribution in [1.82, 2.24) is 20.0 Å². The van der Waals surface area contributed by atoms with E-state index in [-0.39, 0.29) is 30.6 Å². The van der Waals surface area contributed by atoms with E-state index in [4.69, 9.17) is 14.6 Å². The lowest BCUT2D eigenvalue weighted by atomic mass is 9.97. The number of carbonyl (C=O) groups is 3. The molecule has 1 aliphatic heterocycles. The molecule has 3 aromatic carbocycles. The maximum absolute atomic E-state index is 12.7. The average molecular weight is 644 g/mol. The molecule has 45 heavy (non-hydrogen) atoms. The van der Waals surface area contributed by atoms with Gasteiger partial charge in [-0.05, 0) is 34.9 Å². The van der Waals surface area contributed by atoms with Crippen molar-refractivity contribution in [1.29, 1.82) is 5.26 Å². The number of rotatable bonds is 7. The highest BCUT2D eigenvalue weighted by atomic mass is 32.2. The summed E-state index contributed by atoms with van der Waals surface area (Å²) in [6.07, 6.45) is -5.73. The number of imidazole rings is 1. The summed E-state index contributed by atoms with van der Waals surface area (Å²) < 4.78 is 63.8. The Hall–Kier alpha value is -5.43. The first kappa shape index (κ1) is 32.5. The van der Waals surface area contributed by atoms with Gasteiger partial charge in [0.25, 0.3) is 0 Å². The monoisotopic (exact) mass is 643 g/mol. The molecule has 4 aromatic rings. The van der Waals surface area contributed by atoms with Gasteiger partial charge in [0.05, 0.1) is 35.1 Å². The summed E-state index contributed by atoms with van der Waals surface area (Å²) in [4.78, 5) is 41.2. The van der Waals surface area contributed by atoms with Crippen molar-refractivity contribution in [2.24, 2.45) is 0 Å². The normalized spacial score (nSPS) is 16.0. The zero-order valence-electron chi connectivity index (χ0n) is 23.0. The van der Waals surface area contributed by atoms with Crippen molar-refractivity contribution in [2.45, 2.75) is 36.9 Å². The number of para-hydroxylation sites is 2. The highest BCUT2D eigenvalue weighted by Crippen LogP contribution is 2.33. The fourth-order valence-electron chi connectivity index (χ4n) is 4.43. The maximum Gasteiger partial charge on any atom is 0.490 e. The Morgan fingerprint density at radius 1 is 1.09 bits per heavy atom. The molecule has 234 valence electrons. The number of nitrogens with zero attached hydrogens (tertiary/aromatic N) is 2. The van der Waals surface area contributed by atoms with Crippen LogP contribution in [0.1, 0.15) is 45.8 Å². The molecule has 0 bridgehead atoms. The number of benzene rings is 3. The molecule has 0 spiro atoms. The summed E-state index contributed by atoms with van der Waals surface area (Å²) in [5.41, 5.74) is 3.42. The fraction of sp³-hybridized carbons (Fsp3) is 0.207. The van der Waals surface area contributed by atoms with Gasteiger partial charge in [-0.1, -0.05) is 54.6 Å². The zero-order chi connectivity index (χ0) is 32.8. The molecule has 4 N–H and O–H groups in total. The molecule has 16 heteroatoms. The number of ether oxygens (including phenoxy) is 1. The number of fused-ring (bicyclic) bond motifs is 1. The van der Waals surface area contributed by atoms with Crippen LogP contribution in [0.3, 0.4) is 0 Å². The predicted molar refractivity (Wildman–Crippen MR) is 152 cm³/mol. The Bertz CT molecular complexity index is 1840. The zero-order valence-corrected chi connectivity index (χ0v) is 23.9. The van der Waals surface area contributed by atoms with Gasteiger partial charge in [0.1, 0.15) is 17.7 Å². The Labute approximate surface area is 253 Å². The van der Waals surface area contributed by atoms with Gasteiger partial charge in [-0.3, -0.25) is 9.52 Å². The first-order chi connectivity index (χ1) is 21.3. The van der Waals surface area contributed by atoms with Crippen LogP contribution in [-0.2, 0) is 37.4 Å². The molecule has 1 saturated heterocycles. The number of amides is 2. The topological polar surface area (TPSA) is 191 Å². The molecule has 1 aromatic heterocycles. The van der Waals surface area contributed by atoms with E-state index in [1.807, 2.05) is 65.4 Å². The number of halogens is 3. The van der Waals surface area contributed by atoms with E-state index in [2.05, 4.69) is 15.3 Å². The number of nitriles is 1. The smallest absolute Gasteiger partial charge is 0.475 e. The van der Waals surface area contributed by atoms with Crippen LogP contribution < -0.4 is 10.0 Å². The second kappa shape index (κ2) is 13.5. The van der Waals surface area contributed by atoms with E-state index in [1.165, 1.54) is 0 Å². The molecule has 2 heterocycles. The SMILES string of the molecule is N#Cc1cc(C[C@H](NC(=O)OCc2ccccc2)c2nc3ccccc3[nH]2)ccc1C1CC(=O)NS1(=O)=O.O=C(O)C(F)(F)F. The highest BCUT2D eigenvalue weighted by Gasteiger charge is 2.39. The fourth-order valence-corrected chi connectivity index (χ4v) is 5.88. The van der Waals surface area contributed by atoms with E-state index >= 15 is 0 Å². The standard InChI is InChI=1S/C27H23N5O5S.C2HF3O2/c28-15-19-12-18(10-11-20(19)24-14-25(33)32-38(24,35)36)13-23(26-29-21-8-4-5-9-22(21)30-26)31-27(34)37-16-17-6-2-1-3-7-17;3-2(4,5)1(6)7/h1-12,23-24H,13-14,16H2,(H,29,30)(H,31,34)(H,32,33);(H,6,7)/t23-,24?;/m0./s1. The van der Waals surface area contributed by atoms with Crippen LogP contribution in [0, 0.1) is 11.3 Å². The number of alkyl carbamates (subject to hydrolysis) is 1. The van der Waals surface area contributed by atoms with Gasteiger partial charge in [0.15, 0.2) is 0 Å². The van der Waals surface area contributed by atoms with Crippen LogP contribution in [0.15, 0.2) is 72.8 Å². The molecule has 0 radical (unpaired) electrons. The number of H-pyrrole nitrogens is 1. The predicted octanol–water partition coefficient (Wildman–Crippen LogP) is 4.17. The van der Waals surface area contributed by atoms with Gasteiger partial charge in [0, 0.05) is 6.42 Å². The van der Waals surface area contributed by atoms with E-state index in [1.54, 1.807) is 18.2 Å². The van der Waals surface area contributed by atoms with Crippen molar-refractivity contribution >= 4 is 39.0 Å². The number of carbonyl (C=O) groups excluding carboxylic acids is 2. The lowest BCUT2D eigenvalue weighted by Gasteiger charge is -2.18. The second-order valence-electron chi connectivity index (χ2n) is 9.70. The molecule has 2 amide bonds. The quantitative estimate of drug-likeness (QED) is 0.229. The van der Waals surface area contributed by atoms with Gasteiger partial charge in [-0.2, -0.15) is 18.4 Å². The number of alkyl halides is 3. The number of carboxylic acids is 1.